The van der Waals surface area contributed by atoms with Gasteiger partial charge < -0.3 is 9.64 Å². The molecule has 3 rings (SSSR count). The van der Waals surface area contributed by atoms with Crippen molar-refractivity contribution in [2.45, 2.75) is 12.5 Å². The molecule has 114 valence electrons. The predicted molar refractivity (Wildman–Crippen MR) is 85.0 cm³/mol. The van der Waals surface area contributed by atoms with Crippen molar-refractivity contribution in [3.8, 4) is 0 Å². The monoisotopic (exact) mass is 316 g/mol. The first-order valence-corrected chi connectivity index (χ1v) is 7.66. The van der Waals surface area contributed by atoms with Gasteiger partial charge in [-0.05, 0) is 29.8 Å². The molecule has 4 nitrogen and oxygen atoms in total. The van der Waals surface area contributed by atoms with Crippen LogP contribution < -0.4 is 0 Å². The lowest BCUT2D eigenvalue weighted by atomic mass is 10.1. The third-order valence-corrected chi connectivity index (χ3v) is 3.90. The lowest BCUT2D eigenvalue weighted by molar-refractivity contribution is -0.0210. The number of hydrogen-bond acceptors (Lipinski definition) is 3. The number of morpholine rings is 1. The molecule has 0 bridgehead atoms. The zero-order chi connectivity index (χ0) is 15.4. The van der Waals surface area contributed by atoms with Gasteiger partial charge in [0, 0.05) is 30.7 Å². The van der Waals surface area contributed by atoms with Gasteiger partial charge in [0.15, 0.2) is 0 Å². The largest absolute Gasteiger partial charge is 0.374 e. The number of aromatic nitrogens is 1. The van der Waals surface area contributed by atoms with Crippen molar-refractivity contribution >= 4 is 17.5 Å². The molecule has 1 aliphatic rings. The Bertz CT molecular complexity index is 648. The van der Waals surface area contributed by atoms with Gasteiger partial charge >= 0.3 is 0 Å². The van der Waals surface area contributed by atoms with Crippen LogP contribution in [-0.2, 0) is 11.2 Å². The summed E-state index contributed by atoms with van der Waals surface area (Å²) >= 11 is 6.01. The summed E-state index contributed by atoms with van der Waals surface area (Å²) in [5.41, 5.74) is 1.59. The van der Waals surface area contributed by atoms with Crippen LogP contribution in [0.4, 0.5) is 0 Å². The van der Waals surface area contributed by atoms with E-state index in [-0.39, 0.29) is 12.0 Å². The van der Waals surface area contributed by atoms with Gasteiger partial charge in [-0.25, -0.2) is 0 Å². The summed E-state index contributed by atoms with van der Waals surface area (Å²) in [6.07, 6.45) is 2.36. The number of ether oxygens (including phenoxy) is 1. The molecule has 1 amide bonds. The molecule has 5 heteroatoms. The first-order chi connectivity index (χ1) is 10.7. The van der Waals surface area contributed by atoms with Gasteiger partial charge in [-0.2, -0.15) is 0 Å². The summed E-state index contributed by atoms with van der Waals surface area (Å²) in [5, 5.41) is 0.717. The van der Waals surface area contributed by atoms with Crippen LogP contribution in [-0.4, -0.2) is 41.6 Å². The normalized spacial score (nSPS) is 18.2. The number of nitrogens with zero attached hydrogens (tertiary/aromatic N) is 2. The zero-order valence-electron chi connectivity index (χ0n) is 12.1. The van der Waals surface area contributed by atoms with Crippen LogP contribution >= 0.6 is 11.6 Å². The first kappa shape index (κ1) is 15.0. The Balaban J connectivity index is 1.65. The van der Waals surface area contributed by atoms with E-state index in [1.807, 2.05) is 30.3 Å². The second kappa shape index (κ2) is 6.90. The van der Waals surface area contributed by atoms with Gasteiger partial charge in [0.05, 0.1) is 12.7 Å². The Morgan fingerprint density at radius 3 is 3.00 bits per heavy atom. The average Bonchev–Trinajstić information content (AvgIpc) is 2.55. The molecule has 0 aliphatic carbocycles. The van der Waals surface area contributed by atoms with E-state index >= 15 is 0 Å². The topological polar surface area (TPSA) is 42.4 Å². The van der Waals surface area contributed by atoms with E-state index in [0.717, 1.165) is 17.0 Å². The number of benzene rings is 1. The maximum Gasteiger partial charge on any atom is 0.272 e. The highest BCUT2D eigenvalue weighted by molar-refractivity contribution is 6.30. The highest BCUT2D eigenvalue weighted by Gasteiger charge is 2.25. The second-order valence-corrected chi connectivity index (χ2v) is 5.73. The summed E-state index contributed by atoms with van der Waals surface area (Å²) in [4.78, 5) is 18.4. The minimum Gasteiger partial charge on any atom is -0.374 e. The summed E-state index contributed by atoms with van der Waals surface area (Å²) in [6, 6.07) is 13.1. The molecule has 0 radical (unpaired) electrons. The molecule has 2 heterocycles. The van der Waals surface area contributed by atoms with Crippen LogP contribution in [0.15, 0.2) is 48.7 Å². The lowest BCUT2D eigenvalue weighted by Gasteiger charge is -2.33. The van der Waals surface area contributed by atoms with E-state index in [0.29, 0.717) is 25.4 Å². The molecule has 1 saturated heterocycles. The second-order valence-electron chi connectivity index (χ2n) is 5.29. The zero-order valence-corrected chi connectivity index (χ0v) is 12.9. The van der Waals surface area contributed by atoms with Crippen molar-refractivity contribution < 1.29 is 9.53 Å². The summed E-state index contributed by atoms with van der Waals surface area (Å²) in [6.45, 7) is 1.72. The fraction of sp³-hybridized carbons (Fsp3) is 0.294. The van der Waals surface area contributed by atoms with E-state index in [2.05, 4.69) is 4.98 Å². The molecular weight excluding hydrogens is 300 g/mol. The maximum atomic E-state index is 12.4. The van der Waals surface area contributed by atoms with Gasteiger partial charge in [0.25, 0.3) is 5.91 Å². The Morgan fingerprint density at radius 2 is 2.23 bits per heavy atom. The van der Waals surface area contributed by atoms with Crippen LogP contribution in [0, 0.1) is 0 Å². The number of pyridine rings is 1. The third-order valence-electron chi connectivity index (χ3n) is 3.66. The molecule has 1 atom stereocenters. The number of carbonyl (C=O) groups is 1. The van der Waals surface area contributed by atoms with Gasteiger partial charge in [0.2, 0.25) is 0 Å². The summed E-state index contributed by atoms with van der Waals surface area (Å²) < 4.78 is 5.78. The molecular formula is C17H17ClN2O2. The SMILES string of the molecule is O=C(c1ccccn1)N1CCO[C@@H](Cc2cccc(Cl)c2)C1. The number of hydrogen-bond donors (Lipinski definition) is 0. The lowest BCUT2D eigenvalue weighted by Crippen LogP contribution is -2.46. The molecule has 2 aromatic rings. The highest BCUT2D eigenvalue weighted by Crippen LogP contribution is 2.16. The smallest absolute Gasteiger partial charge is 0.272 e. The Kier molecular flexibility index (Phi) is 4.71. The molecule has 22 heavy (non-hydrogen) atoms. The van der Waals surface area contributed by atoms with Crippen molar-refractivity contribution in [1.29, 1.82) is 0 Å². The van der Waals surface area contributed by atoms with Crippen molar-refractivity contribution in [3.05, 3.63) is 64.9 Å². The van der Waals surface area contributed by atoms with Gasteiger partial charge in [-0.15, -0.1) is 0 Å². The van der Waals surface area contributed by atoms with E-state index in [9.17, 15) is 4.79 Å². The van der Waals surface area contributed by atoms with Crippen molar-refractivity contribution in [3.63, 3.8) is 0 Å². The molecule has 1 aromatic heterocycles. The van der Waals surface area contributed by atoms with Gasteiger partial charge in [-0.3, -0.25) is 9.78 Å². The van der Waals surface area contributed by atoms with Crippen molar-refractivity contribution in [2.75, 3.05) is 19.7 Å². The fourth-order valence-electron chi connectivity index (χ4n) is 2.61. The fourth-order valence-corrected chi connectivity index (χ4v) is 2.82. The molecule has 1 aromatic carbocycles. The molecule has 0 unspecified atom stereocenters. The minimum atomic E-state index is -0.0417. The first-order valence-electron chi connectivity index (χ1n) is 7.29. The number of amides is 1. The standard InChI is InChI=1S/C17H17ClN2O2/c18-14-5-3-4-13(10-14)11-15-12-20(8-9-22-15)17(21)16-6-1-2-7-19-16/h1-7,10,15H,8-9,11-12H2/t15-/m0/s1. The number of halogens is 1. The van der Waals surface area contributed by atoms with E-state index in [1.165, 1.54) is 0 Å². The van der Waals surface area contributed by atoms with Crippen molar-refractivity contribution in [1.82, 2.24) is 9.88 Å². The number of rotatable bonds is 3. The Hall–Kier alpha value is -1.91. The van der Waals surface area contributed by atoms with Crippen LogP contribution in [0.3, 0.4) is 0 Å². The third kappa shape index (κ3) is 3.64. The molecule has 0 N–H and O–H groups in total. The summed E-state index contributed by atoms with van der Waals surface area (Å²) in [7, 11) is 0. The van der Waals surface area contributed by atoms with Crippen LogP contribution in [0.25, 0.3) is 0 Å². The maximum absolute atomic E-state index is 12.4. The van der Waals surface area contributed by atoms with E-state index in [4.69, 9.17) is 16.3 Å². The van der Waals surface area contributed by atoms with Crippen LogP contribution in [0.5, 0.6) is 0 Å². The van der Waals surface area contributed by atoms with Gasteiger partial charge in [0.1, 0.15) is 5.69 Å². The Morgan fingerprint density at radius 1 is 1.32 bits per heavy atom. The number of carbonyl (C=O) groups excluding carboxylic acids is 1. The molecule has 0 saturated carbocycles. The van der Waals surface area contributed by atoms with Crippen LogP contribution in [0.1, 0.15) is 16.1 Å². The van der Waals surface area contributed by atoms with Crippen molar-refractivity contribution in [2.24, 2.45) is 0 Å². The van der Waals surface area contributed by atoms with Gasteiger partial charge in [-0.1, -0.05) is 29.8 Å². The van der Waals surface area contributed by atoms with E-state index < -0.39 is 0 Å². The molecule has 0 spiro atoms. The molecule has 1 aliphatic heterocycles. The predicted octanol–water partition coefficient (Wildman–Crippen LogP) is 2.82. The average molecular weight is 317 g/mol. The highest BCUT2D eigenvalue weighted by atomic mass is 35.5. The quantitative estimate of drug-likeness (QED) is 0.874. The molecule has 1 fully saturated rings. The summed E-state index contributed by atoms with van der Waals surface area (Å²) in [5.74, 6) is -0.0417. The van der Waals surface area contributed by atoms with Crippen LogP contribution in [0.2, 0.25) is 5.02 Å². The Labute approximate surface area is 134 Å². The minimum absolute atomic E-state index is 0.0140. The van der Waals surface area contributed by atoms with E-state index in [1.54, 1.807) is 23.2 Å².